The maximum absolute atomic E-state index is 9.67. The number of anilines is 1. The van der Waals surface area contributed by atoms with Gasteiger partial charge >= 0.3 is 0 Å². The third-order valence-electron chi connectivity index (χ3n) is 2.84. The second-order valence-electron chi connectivity index (χ2n) is 4.61. The van der Waals surface area contributed by atoms with E-state index in [0.717, 1.165) is 26.7 Å². The zero-order valence-corrected chi connectivity index (χ0v) is 13.6. The fourth-order valence-electron chi connectivity index (χ4n) is 1.92. The second kappa shape index (κ2) is 6.03. The number of aliphatic hydroxyl groups excluding tert-OH is 1. The van der Waals surface area contributed by atoms with Gasteiger partial charge in [-0.2, -0.15) is 0 Å². The Hall–Kier alpha value is -0.910. The van der Waals surface area contributed by atoms with Crippen molar-refractivity contribution in [2.75, 3.05) is 11.9 Å². The topological polar surface area (TPSA) is 36.4 Å². The van der Waals surface area contributed by atoms with Crippen LogP contribution in [0.5, 0.6) is 0 Å². The first-order chi connectivity index (χ1) is 8.97. The quantitative estimate of drug-likeness (QED) is 0.916. The lowest BCUT2D eigenvalue weighted by atomic mass is 10.2. The predicted molar refractivity (Wildman–Crippen MR) is 83.7 cm³/mol. The molecule has 0 amide bonds. The number of nitrogens with zero attached hydrogens (tertiary/aromatic N) is 2. The number of thiazole rings is 1. The molecule has 1 heterocycles. The Morgan fingerprint density at radius 1 is 1.47 bits per heavy atom. The Kier molecular flexibility index (Phi) is 4.60. The summed E-state index contributed by atoms with van der Waals surface area (Å²) >= 11 is 5.03. The molecule has 2 aromatic rings. The minimum atomic E-state index is -0.453. The van der Waals surface area contributed by atoms with Gasteiger partial charge in [-0.25, -0.2) is 4.98 Å². The van der Waals surface area contributed by atoms with Crippen molar-refractivity contribution >= 4 is 32.4 Å². The highest BCUT2D eigenvalue weighted by atomic mass is 79.9. The second-order valence-corrected chi connectivity index (χ2v) is 6.53. The summed E-state index contributed by atoms with van der Waals surface area (Å²) in [6, 6.07) is 8.24. The molecule has 0 spiro atoms. The van der Waals surface area contributed by atoms with Crippen LogP contribution in [0, 0.1) is 6.92 Å². The maximum Gasteiger partial charge on any atom is 0.185 e. The van der Waals surface area contributed by atoms with Gasteiger partial charge in [-0.05, 0) is 31.5 Å². The van der Waals surface area contributed by atoms with Gasteiger partial charge in [-0.15, -0.1) is 0 Å². The van der Waals surface area contributed by atoms with Crippen molar-refractivity contribution < 1.29 is 5.11 Å². The molecule has 5 heteroatoms. The molecule has 0 fully saturated rings. The van der Waals surface area contributed by atoms with E-state index in [9.17, 15) is 5.11 Å². The zero-order valence-electron chi connectivity index (χ0n) is 11.2. The van der Waals surface area contributed by atoms with Gasteiger partial charge in [0, 0.05) is 18.1 Å². The number of halogens is 1. The average Bonchev–Trinajstić information content (AvgIpc) is 2.71. The Morgan fingerprint density at radius 2 is 2.21 bits per heavy atom. The lowest BCUT2D eigenvalue weighted by molar-refractivity contribution is 0.202. The van der Waals surface area contributed by atoms with Crippen LogP contribution in [0.4, 0.5) is 5.13 Å². The van der Waals surface area contributed by atoms with Crippen molar-refractivity contribution in [3.8, 4) is 0 Å². The van der Waals surface area contributed by atoms with E-state index in [1.165, 1.54) is 5.56 Å². The van der Waals surface area contributed by atoms with Crippen LogP contribution in [0.1, 0.15) is 29.2 Å². The van der Waals surface area contributed by atoms with Gasteiger partial charge < -0.3 is 10.0 Å². The fraction of sp³-hybridized carbons (Fsp3) is 0.357. The van der Waals surface area contributed by atoms with Crippen LogP contribution in [-0.4, -0.2) is 17.1 Å². The summed E-state index contributed by atoms with van der Waals surface area (Å²) in [5.74, 6) is 0. The summed E-state index contributed by atoms with van der Waals surface area (Å²) in [6.45, 7) is 4.51. The predicted octanol–water partition coefficient (Wildman–Crippen LogP) is 3.90. The Bertz CT molecular complexity index is 568. The molecule has 0 saturated heterocycles. The first-order valence-corrected chi connectivity index (χ1v) is 7.69. The van der Waals surface area contributed by atoms with E-state index in [-0.39, 0.29) is 0 Å². The van der Waals surface area contributed by atoms with Gasteiger partial charge in [0.05, 0.1) is 16.7 Å². The van der Waals surface area contributed by atoms with Gasteiger partial charge in [0.2, 0.25) is 0 Å². The molecule has 0 aliphatic heterocycles. The highest BCUT2D eigenvalue weighted by Crippen LogP contribution is 2.30. The van der Waals surface area contributed by atoms with Crippen LogP contribution in [-0.2, 0) is 6.54 Å². The lowest BCUT2D eigenvalue weighted by Gasteiger charge is -2.15. The van der Waals surface area contributed by atoms with Crippen LogP contribution in [0.3, 0.4) is 0 Å². The van der Waals surface area contributed by atoms with Crippen molar-refractivity contribution in [3.63, 3.8) is 0 Å². The van der Waals surface area contributed by atoms with E-state index in [4.69, 9.17) is 0 Å². The Morgan fingerprint density at radius 3 is 2.79 bits per heavy atom. The number of hydrogen-bond acceptors (Lipinski definition) is 4. The smallest absolute Gasteiger partial charge is 0.185 e. The zero-order chi connectivity index (χ0) is 14.0. The van der Waals surface area contributed by atoms with Gasteiger partial charge in [0.25, 0.3) is 0 Å². The summed E-state index contributed by atoms with van der Waals surface area (Å²) in [7, 11) is 2.02. The van der Waals surface area contributed by atoms with Crippen LogP contribution in [0.15, 0.2) is 28.7 Å². The van der Waals surface area contributed by atoms with Gasteiger partial charge in [-0.1, -0.05) is 39.4 Å². The number of hydrogen-bond donors (Lipinski definition) is 1. The molecule has 0 aliphatic rings. The van der Waals surface area contributed by atoms with E-state index in [1.807, 2.05) is 26.1 Å². The van der Waals surface area contributed by atoms with Gasteiger partial charge in [0.1, 0.15) is 0 Å². The van der Waals surface area contributed by atoms with Gasteiger partial charge in [0.15, 0.2) is 5.13 Å². The molecule has 0 bridgehead atoms. The SMILES string of the molecule is Cc1nc(N(C)Cc2cccc(Br)c2)sc1C(C)O. The molecule has 2 rings (SSSR count). The average molecular weight is 341 g/mol. The summed E-state index contributed by atoms with van der Waals surface area (Å²) in [5, 5.41) is 10.6. The van der Waals surface area contributed by atoms with Crippen LogP contribution in [0.25, 0.3) is 0 Å². The number of rotatable bonds is 4. The molecule has 1 aromatic carbocycles. The van der Waals surface area contributed by atoms with Crippen molar-refractivity contribution in [3.05, 3.63) is 44.9 Å². The van der Waals surface area contributed by atoms with Crippen molar-refractivity contribution in [1.82, 2.24) is 4.98 Å². The van der Waals surface area contributed by atoms with Crippen molar-refractivity contribution in [2.24, 2.45) is 0 Å². The Labute approximate surface area is 126 Å². The van der Waals surface area contributed by atoms with Crippen LogP contribution < -0.4 is 4.90 Å². The standard InChI is InChI=1S/C14H17BrN2OS/c1-9-13(10(2)18)19-14(16-9)17(3)8-11-5-4-6-12(15)7-11/h4-7,10,18H,8H2,1-3H3. The molecule has 0 saturated carbocycles. The summed E-state index contributed by atoms with van der Waals surface area (Å²) in [5.41, 5.74) is 2.14. The normalized spacial score (nSPS) is 12.5. The summed E-state index contributed by atoms with van der Waals surface area (Å²) < 4.78 is 1.08. The number of aromatic nitrogens is 1. The fourth-order valence-corrected chi connectivity index (χ4v) is 3.33. The minimum Gasteiger partial charge on any atom is -0.388 e. The molecule has 3 nitrogen and oxygen atoms in total. The van der Waals surface area contributed by atoms with E-state index in [2.05, 4.69) is 37.9 Å². The largest absolute Gasteiger partial charge is 0.388 e. The maximum atomic E-state index is 9.67. The molecule has 19 heavy (non-hydrogen) atoms. The van der Waals surface area contributed by atoms with Crippen LogP contribution >= 0.6 is 27.3 Å². The Balaban J connectivity index is 2.16. The molecule has 1 unspecified atom stereocenters. The monoisotopic (exact) mass is 340 g/mol. The summed E-state index contributed by atoms with van der Waals surface area (Å²) in [6.07, 6.45) is -0.453. The van der Waals surface area contributed by atoms with Crippen LogP contribution in [0.2, 0.25) is 0 Å². The number of benzene rings is 1. The molecule has 0 radical (unpaired) electrons. The molecule has 1 aromatic heterocycles. The minimum absolute atomic E-state index is 0.453. The van der Waals surface area contributed by atoms with E-state index >= 15 is 0 Å². The third-order valence-corrected chi connectivity index (χ3v) is 4.77. The van der Waals surface area contributed by atoms with Crippen molar-refractivity contribution in [2.45, 2.75) is 26.5 Å². The van der Waals surface area contributed by atoms with E-state index in [0.29, 0.717) is 0 Å². The molecule has 1 atom stereocenters. The van der Waals surface area contributed by atoms with Gasteiger partial charge in [-0.3, -0.25) is 0 Å². The van der Waals surface area contributed by atoms with E-state index < -0.39 is 6.10 Å². The summed E-state index contributed by atoms with van der Waals surface area (Å²) in [4.78, 5) is 7.57. The molecular weight excluding hydrogens is 324 g/mol. The molecule has 1 N–H and O–H groups in total. The molecule has 0 aliphatic carbocycles. The highest BCUT2D eigenvalue weighted by Gasteiger charge is 2.14. The van der Waals surface area contributed by atoms with E-state index in [1.54, 1.807) is 18.3 Å². The number of aliphatic hydroxyl groups is 1. The number of aryl methyl sites for hydroxylation is 1. The lowest BCUT2D eigenvalue weighted by Crippen LogP contribution is -2.16. The molecule has 102 valence electrons. The molecular formula is C14H17BrN2OS. The highest BCUT2D eigenvalue weighted by molar-refractivity contribution is 9.10. The first-order valence-electron chi connectivity index (χ1n) is 6.08. The van der Waals surface area contributed by atoms with Crippen molar-refractivity contribution in [1.29, 1.82) is 0 Å². The first kappa shape index (κ1) is 14.5. The third kappa shape index (κ3) is 3.55.